The maximum Gasteiger partial charge on any atom is 0.275 e. The van der Waals surface area contributed by atoms with E-state index in [2.05, 4.69) is 25.6 Å². The third-order valence-electron chi connectivity index (χ3n) is 3.46. The standard InChI is InChI=1S/C19H16N6O2/c20-14-5-1-2-6-15(14)24-19(27)16-11-23-17(12-22-16)25-18(26)8-7-13-4-3-9-21-10-13/h1-12H,20H2,(H,24,27)(H,23,25,26)/b8-7+. The number of carbonyl (C=O) groups is 2. The van der Waals surface area contributed by atoms with Crippen molar-refractivity contribution in [1.29, 1.82) is 0 Å². The number of benzene rings is 1. The van der Waals surface area contributed by atoms with Gasteiger partial charge in [-0.05, 0) is 29.8 Å². The zero-order valence-electron chi connectivity index (χ0n) is 14.2. The summed E-state index contributed by atoms with van der Waals surface area (Å²) in [6, 6.07) is 10.5. The molecule has 0 saturated carbocycles. The number of hydrogen-bond acceptors (Lipinski definition) is 6. The summed E-state index contributed by atoms with van der Waals surface area (Å²) >= 11 is 0. The number of para-hydroxylation sites is 2. The number of nitrogens with one attached hydrogen (secondary N) is 2. The van der Waals surface area contributed by atoms with E-state index >= 15 is 0 Å². The second kappa shape index (κ2) is 8.34. The zero-order valence-corrected chi connectivity index (χ0v) is 14.2. The van der Waals surface area contributed by atoms with Crippen LogP contribution in [0.2, 0.25) is 0 Å². The lowest BCUT2D eigenvalue weighted by Crippen LogP contribution is -2.16. The van der Waals surface area contributed by atoms with E-state index in [9.17, 15) is 9.59 Å². The zero-order chi connectivity index (χ0) is 19.1. The lowest BCUT2D eigenvalue weighted by Gasteiger charge is -2.07. The van der Waals surface area contributed by atoms with Crippen molar-refractivity contribution in [3.63, 3.8) is 0 Å². The third kappa shape index (κ3) is 4.95. The van der Waals surface area contributed by atoms with Crippen LogP contribution in [0, 0.1) is 0 Å². The van der Waals surface area contributed by atoms with E-state index in [0.717, 1.165) is 5.56 Å². The van der Waals surface area contributed by atoms with Crippen LogP contribution in [-0.4, -0.2) is 26.8 Å². The quantitative estimate of drug-likeness (QED) is 0.474. The summed E-state index contributed by atoms with van der Waals surface area (Å²) in [6.45, 7) is 0. The molecular formula is C19H16N6O2. The van der Waals surface area contributed by atoms with E-state index in [1.807, 2.05) is 6.07 Å². The molecule has 2 amide bonds. The van der Waals surface area contributed by atoms with Gasteiger partial charge in [0.25, 0.3) is 5.91 Å². The van der Waals surface area contributed by atoms with Crippen molar-refractivity contribution in [2.24, 2.45) is 0 Å². The van der Waals surface area contributed by atoms with Crippen molar-refractivity contribution >= 4 is 35.1 Å². The Morgan fingerprint density at radius 3 is 2.52 bits per heavy atom. The SMILES string of the molecule is Nc1ccccc1NC(=O)c1cnc(NC(=O)/C=C/c2cccnc2)cn1. The van der Waals surface area contributed by atoms with Gasteiger partial charge in [-0.3, -0.25) is 14.6 Å². The van der Waals surface area contributed by atoms with Crippen LogP contribution in [0.1, 0.15) is 16.1 Å². The number of nitrogen functional groups attached to an aromatic ring is 1. The number of anilines is 3. The van der Waals surface area contributed by atoms with Gasteiger partial charge < -0.3 is 16.4 Å². The first kappa shape index (κ1) is 17.7. The van der Waals surface area contributed by atoms with Crippen molar-refractivity contribution in [2.75, 3.05) is 16.4 Å². The van der Waals surface area contributed by atoms with Crippen molar-refractivity contribution in [3.8, 4) is 0 Å². The van der Waals surface area contributed by atoms with E-state index in [1.54, 1.807) is 48.8 Å². The molecule has 0 radical (unpaired) electrons. The van der Waals surface area contributed by atoms with E-state index in [4.69, 9.17) is 5.73 Å². The normalized spacial score (nSPS) is 10.5. The van der Waals surface area contributed by atoms with Gasteiger partial charge >= 0.3 is 0 Å². The minimum absolute atomic E-state index is 0.0992. The molecule has 0 bridgehead atoms. The molecule has 3 aromatic rings. The number of nitrogens with two attached hydrogens (primary N) is 1. The van der Waals surface area contributed by atoms with E-state index < -0.39 is 5.91 Å². The molecule has 2 aromatic heterocycles. The number of hydrogen-bond donors (Lipinski definition) is 3. The van der Waals surface area contributed by atoms with Crippen molar-refractivity contribution in [3.05, 3.63) is 78.5 Å². The molecule has 0 unspecified atom stereocenters. The second-order valence-corrected chi connectivity index (χ2v) is 5.44. The first-order valence-electron chi connectivity index (χ1n) is 7.99. The highest BCUT2D eigenvalue weighted by Crippen LogP contribution is 2.17. The lowest BCUT2D eigenvalue weighted by molar-refractivity contribution is -0.111. The average Bonchev–Trinajstić information content (AvgIpc) is 2.69. The molecule has 0 saturated heterocycles. The Morgan fingerprint density at radius 1 is 0.963 bits per heavy atom. The van der Waals surface area contributed by atoms with Gasteiger partial charge in [0.05, 0.1) is 23.8 Å². The number of nitrogens with zero attached hydrogens (tertiary/aromatic N) is 3. The first-order chi connectivity index (χ1) is 13.1. The molecule has 0 atom stereocenters. The highest BCUT2D eigenvalue weighted by atomic mass is 16.2. The molecule has 0 spiro atoms. The topological polar surface area (TPSA) is 123 Å². The fraction of sp³-hybridized carbons (Fsp3) is 0. The smallest absolute Gasteiger partial charge is 0.275 e. The average molecular weight is 360 g/mol. The van der Waals surface area contributed by atoms with Crippen molar-refractivity contribution < 1.29 is 9.59 Å². The van der Waals surface area contributed by atoms with Gasteiger partial charge in [-0.2, -0.15) is 0 Å². The Hall–Kier alpha value is -4.07. The number of amides is 2. The second-order valence-electron chi connectivity index (χ2n) is 5.44. The highest BCUT2D eigenvalue weighted by Gasteiger charge is 2.10. The van der Waals surface area contributed by atoms with Crippen LogP contribution in [0.5, 0.6) is 0 Å². The first-order valence-corrected chi connectivity index (χ1v) is 7.99. The molecular weight excluding hydrogens is 344 g/mol. The van der Waals surface area contributed by atoms with Crippen LogP contribution in [0.15, 0.2) is 67.3 Å². The minimum Gasteiger partial charge on any atom is -0.397 e. The third-order valence-corrected chi connectivity index (χ3v) is 3.46. The molecule has 0 fully saturated rings. The molecule has 4 N–H and O–H groups in total. The van der Waals surface area contributed by atoms with Gasteiger partial charge in [0, 0.05) is 18.5 Å². The van der Waals surface area contributed by atoms with Gasteiger partial charge in [-0.25, -0.2) is 9.97 Å². The van der Waals surface area contributed by atoms with Crippen LogP contribution in [0.25, 0.3) is 6.08 Å². The summed E-state index contributed by atoms with van der Waals surface area (Å²) in [6.07, 6.45) is 8.85. The minimum atomic E-state index is -0.449. The van der Waals surface area contributed by atoms with Gasteiger partial charge in [0.15, 0.2) is 5.82 Å². The van der Waals surface area contributed by atoms with E-state index in [-0.39, 0.29) is 17.4 Å². The van der Waals surface area contributed by atoms with Crippen LogP contribution < -0.4 is 16.4 Å². The molecule has 27 heavy (non-hydrogen) atoms. The predicted octanol–water partition coefficient (Wildman–Crippen LogP) is 2.36. The number of rotatable bonds is 5. The van der Waals surface area contributed by atoms with Gasteiger partial charge in [-0.1, -0.05) is 18.2 Å². The highest BCUT2D eigenvalue weighted by molar-refractivity contribution is 6.04. The summed E-state index contributed by atoms with van der Waals surface area (Å²) in [5.41, 5.74) is 7.62. The molecule has 8 heteroatoms. The Balaban J connectivity index is 1.60. The summed E-state index contributed by atoms with van der Waals surface area (Å²) in [7, 11) is 0. The molecule has 1 aromatic carbocycles. The molecule has 134 valence electrons. The number of aromatic nitrogens is 3. The molecule has 0 aliphatic heterocycles. The summed E-state index contributed by atoms with van der Waals surface area (Å²) < 4.78 is 0. The van der Waals surface area contributed by atoms with Crippen LogP contribution in [0.4, 0.5) is 17.2 Å². The van der Waals surface area contributed by atoms with Gasteiger partial charge in [-0.15, -0.1) is 0 Å². The van der Waals surface area contributed by atoms with Crippen molar-refractivity contribution in [1.82, 2.24) is 15.0 Å². The lowest BCUT2D eigenvalue weighted by atomic mass is 10.2. The molecule has 3 rings (SSSR count). The molecule has 0 aliphatic carbocycles. The van der Waals surface area contributed by atoms with E-state index in [1.165, 1.54) is 18.5 Å². The Kier molecular flexibility index (Phi) is 5.48. The monoisotopic (exact) mass is 360 g/mol. The molecule has 2 heterocycles. The van der Waals surface area contributed by atoms with Crippen molar-refractivity contribution in [2.45, 2.75) is 0 Å². The van der Waals surface area contributed by atoms with Gasteiger partial charge in [0.2, 0.25) is 5.91 Å². The Labute approximate surface area is 155 Å². The molecule has 0 aliphatic rings. The summed E-state index contributed by atoms with van der Waals surface area (Å²) in [4.78, 5) is 36.1. The fourth-order valence-corrected chi connectivity index (χ4v) is 2.12. The Bertz CT molecular complexity index is 971. The van der Waals surface area contributed by atoms with E-state index in [0.29, 0.717) is 11.4 Å². The van der Waals surface area contributed by atoms with Crippen LogP contribution in [0.3, 0.4) is 0 Å². The number of pyridine rings is 1. The Morgan fingerprint density at radius 2 is 1.81 bits per heavy atom. The predicted molar refractivity (Wildman–Crippen MR) is 103 cm³/mol. The molecule has 8 nitrogen and oxygen atoms in total. The number of carbonyl (C=O) groups excluding carboxylic acids is 2. The van der Waals surface area contributed by atoms with Crippen LogP contribution >= 0.6 is 0 Å². The largest absolute Gasteiger partial charge is 0.397 e. The fourth-order valence-electron chi connectivity index (χ4n) is 2.12. The van der Waals surface area contributed by atoms with Gasteiger partial charge in [0.1, 0.15) is 5.69 Å². The van der Waals surface area contributed by atoms with Crippen LogP contribution in [-0.2, 0) is 4.79 Å². The summed E-state index contributed by atoms with van der Waals surface area (Å²) in [5.74, 6) is -0.594. The summed E-state index contributed by atoms with van der Waals surface area (Å²) in [5, 5.41) is 5.22. The maximum atomic E-state index is 12.2. The maximum absolute atomic E-state index is 12.2.